The van der Waals surface area contributed by atoms with Crippen molar-refractivity contribution >= 4 is 121 Å². The number of para-hydroxylation sites is 3. The normalized spacial score (nSPS) is 14.1. The Bertz CT molecular complexity index is 4310. The maximum absolute atomic E-state index is 7.02. The number of anilines is 5. The Morgan fingerprint density at radius 2 is 0.873 bits per heavy atom. The van der Waals surface area contributed by atoms with E-state index in [1.165, 1.54) is 75.9 Å². The third-order valence-electron chi connectivity index (χ3n) is 15.4. The van der Waals surface area contributed by atoms with Gasteiger partial charge in [0.15, 0.2) is 11.3 Å². The van der Waals surface area contributed by atoms with E-state index in [2.05, 4.69) is 239 Å². The Labute approximate surface area is 413 Å². The van der Waals surface area contributed by atoms with Gasteiger partial charge in [-0.15, -0.1) is 0 Å². The van der Waals surface area contributed by atoms with E-state index in [-0.39, 0.29) is 17.8 Å². The molecule has 1 unspecified atom stereocenters. The molecule has 13 aromatic rings. The molecule has 2 heterocycles. The first-order chi connectivity index (χ1) is 34.8. The number of hydrogen-bond donors (Lipinski definition) is 0. The molecule has 342 valence electrons. The van der Waals surface area contributed by atoms with Crippen molar-refractivity contribution in [2.24, 2.45) is 5.92 Å². The first-order valence-electron chi connectivity index (χ1n) is 25.3. The summed E-state index contributed by atoms with van der Waals surface area (Å²) in [5, 5.41) is 15.7. The van der Waals surface area contributed by atoms with Crippen LogP contribution in [0.1, 0.15) is 68.9 Å². The molecule has 0 saturated heterocycles. The number of furan rings is 2. The van der Waals surface area contributed by atoms with Gasteiger partial charge in [-0.1, -0.05) is 186 Å². The third-order valence-corrected chi connectivity index (χ3v) is 15.4. The van der Waals surface area contributed by atoms with Gasteiger partial charge in [-0.3, -0.25) is 0 Å². The predicted octanol–water partition coefficient (Wildman–Crippen LogP) is 19.6. The molecule has 0 aliphatic heterocycles. The molecule has 1 atom stereocenters. The fourth-order valence-corrected chi connectivity index (χ4v) is 12.2. The summed E-state index contributed by atoms with van der Waals surface area (Å²) in [7, 11) is 0. The Hall–Kier alpha value is -8.34. The van der Waals surface area contributed by atoms with Crippen molar-refractivity contribution in [3.8, 4) is 0 Å². The van der Waals surface area contributed by atoms with Crippen molar-refractivity contribution in [2.75, 3.05) is 9.80 Å². The van der Waals surface area contributed by atoms with Crippen molar-refractivity contribution in [3.63, 3.8) is 0 Å². The van der Waals surface area contributed by atoms with Gasteiger partial charge in [0.25, 0.3) is 0 Å². The summed E-state index contributed by atoms with van der Waals surface area (Å²) < 4.78 is 13.9. The van der Waals surface area contributed by atoms with E-state index in [1.54, 1.807) is 0 Å². The maximum Gasteiger partial charge on any atom is 0.159 e. The van der Waals surface area contributed by atoms with Crippen LogP contribution in [0.3, 0.4) is 0 Å². The van der Waals surface area contributed by atoms with Crippen LogP contribution in [0.15, 0.2) is 203 Å². The Morgan fingerprint density at radius 3 is 1.49 bits per heavy atom. The number of benzene rings is 11. The monoisotopic (exact) mass is 916 g/mol. The van der Waals surface area contributed by atoms with Crippen LogP contribution < -0.4 is 9.80 Å². The summed E-state index contributed by atoms with van der Waals surface area (Å²) in [6, 6.07) is 69.2. The predicted molar refractivity (Wildman–Crippen MR) is 301 cm³/mol. The standard InChI is InChI=1S/C67H52N2O2/c1-39(2)53-37-59(68(56-26-14-19-42-17-6-8-21-44(42)56)58-28-16-25-50-46-23-10-12-29-62(46)70-66(50)58)51-33-31-49-54(40(3)4)38-60(52-34-32-48(53)64(51)65(49)52)69(57-27-15-20-43-18-7-9-22-45(43)57)61-36-41(5)35-55-47-24-11-13-30-63(47)71-67(55)61/h6-34,36-41H,35H2,1-5H3. The van der Waals surface area contributed by atoms with E-state index >= 15 is 0 Å². The van der Waals surface area contributed by atoms with Gasteiger partial charge in [-0.05, 0) is 110 Å². The second-order valence-corrected chi connectivity index (χ2v) is 20.4. The van der Waals surface area contributed by atoms with Crippen molar-refractivity contribution < 1.29 is 8.83 Å². The molecule has 0 saturated carbocycles. The second kappa shape index (κ2) is 15.8. The molecule has 0 bridgehead atoms. The quantitative estimate of drug-likeness (QED) is 0.142. The van der Waals surface area contributed by atoms with Crippen molar-refractivity contribution in [3.05, 3.63) is 217 Å². The zero-order chi connectivity index (χ0) is 47.6. The fourth-order valence-electron chi connectivity index (χ4n) is 12.2. The van der Waals surface area contributed by atoms with Crippen LogP contribution in [0.2, 0.25) is 0 Å². The average Bonchev–Trinajstić information content (AvgIpc) is 3.97. The lowest BCUT2D eigenvalue weighted by Gasteiger charge is -2.34. The molecule has 2 aromatic heterocycles. The molecule has 1 aliphatic carbocycles. The molecule has 0 fully saturated rings. The highest BCUT2D eigenvalue weighted by molar-refractivity contribution is 6.30. The highest BCUT2D eigenvalue weighted by Crippen LogP contribution is 2.54. The van der Waals surface area contributed by atoms with Crippen LogP contribution in [-0.2, 0) is 6.42 Å². The average molecular weight is 917 g/mol. The minimum Gasteiger partial charge on any atom is -0.454 e. The summed E-state index contributed by atoms with van der Waals surface area (Å²) in [4.78, 5) is 5.04. The molecule has 4 heteroatoms. The number of allylic oxidation sites excluding steroid dienone is 1. The number of fused-ring (bicyclic) bond motifs is 8. The molecule has 71 heavy (non-hydrogen) atoms. The van der Waals surface area contributed by atoms with Gasteiger partial charge in [0.05, 0.1) is 34.1 Å². The molecule has 0 spiro atoms. The van der Waals surface area contributed by atoms with E-state index < -0.39 is 0 Å². The number of rotatable bonds is 8. The molecule has 11 aromatic carbocycles. The summed E-state index contributed by atoms with van der Waals surface area (Å²) in [5.41, 5.74) is 13.2. The minimum absolute atomic E-state index is 0.228. The zero-order valence-corrected chi connectivity index (χ0v) is 40.6. The van der Waals surface area contributed by atoms with Gasteiger partial charge in [0.2, 0.25) is 0 Å². The first kappa shape index (κ1) is 41.6. The van der Waals surface area contributed by atoms with E-state index in [9.17, 15) is 0 Å². The SMILES string of the molecule is CC1C=C(N(c2cccc3ccccc23)c2cc(C(C)C)c3ccc4c(N(c5cccc6ccccc56)c5cccc6c5oc5ccccc56)cc(C(C)C)c5ccc2c3c54)c2oc3ccccc3c2C1. The number of hydrogen-bond acceptors (Lipinski definition) is 4. The lowest BCUT2D eigenvalue weighted by atomic mass is 9.83. The molecular weight excluding hydrogens is 865 g/mol. The van der Waals surface area contributed by atoms with E-state index in [0.717, 1.165) is 73.8 Å². The molecule has 4 nitrogen and oxygen atoms in total. The van der Waals surface area contributed by atoms with Crippen molar-refractivity contribution in [1.29, 1.82) is 0 Å². The van der Waals surface area contributed by atoms with E-state index in [1.807, 2.05) is 0 Å². The molecule has 0 N–H and O–H groups in total. The van der Waals surface area contributed by atoms with E-state index in [4.69, 9.17) is 8.83 Å². The lowest BCUT2D eigenvalue weighted by Crippen LogP contribution is -2.21. The molecular formula is C67H52N2O2. The second-order valence-electron chi connectivity index (χ2n) is 20.4. The third kappa shape index (κ3) is 6.23. The summed E-state index contributed by atoms with van der Waals surface area (Å²) in [5.74, 6) is 1.69. The van der Waals surface area contributed by atoms with Crippen LogP contribution in [0, 0.1) is 5.92 Å². The largest absolute Gasteiger partial charge is 0.454 e. The van der Waals surface area contributed by atoms with Gasteiger partial charge in [-0.25, -0.2) is 0 Å². The van der Waals surface area contributed by atoms with Crippen LogP contribution >= 0.6 is 0 Å². The molecule has 0 radical (unpaired) electrons. The van der Waals surface area contributed by atoms with Crippen LogP contribution in [0.5, 0.6) is 0 Å². The Morgan fingerprint density at radius 1 is 0.408 bits per heavy atom. The van der Waals surface area contributed by atoms with Crippen LogP contribution in [-0.4, -0.2) is 0 Å². The van der Waals surface area contributed by atoms with Gasteiger partial charge in [0, 0.05) is 43.3 Å². The minimum atomic E-state index is 0.228. The zero-order valence-electron chi connectivity index (χ0n) is 40.6. The molecule has 1 aliphatic rings. The summed E-state index contributed by atoms with van der Waals surface area (Å²) in [6.45, 7) is 11.7. The molecule has 14 rings (SSSR count). The van der Waals surface area contributed by atoms with Gasteiger partial charge in [0.1, 0.15) is 11.2 Å². The fraction of sp³-hybridized carbons (Fsp3) is 0.134. The smallest absolute Gasteiger partial charge is 0.159 e. The van der Waals surface area contributed by atoms with Crippen molar-refractivity contribution in [1.82, 2.24) is 0 Å². The topological polar surface area (TPSA) is 32.8 Å². The van der Waals surface area contributed by atoms with E-state index in [0.29, 0.717) is 0 Å². The summed E-state index contributed by atoms with van der Waals surface area (Å²) in [6.07, 6.45) is 3.37. The van der Waals surface area contributed by atoms with Gasteiger partial charge >= 0.3 is 0 Å². The van der Waals surface area contributed by atoms with Crippen LogP contribution in [0.4, 0.5) is 28.4 Å². The van der Waals surface area contributed by atoms with Gasteiger partial charge < -0.3 is 18.6 Å². The molecule has 0 amide bonds. The van der Waals surface area contributed by atoms with Crippen molar-refractivity contribution in [2.45, 2.75) is 52.9 Å². The number of nitrogens with zero attached hydrogens (tertiary/aromatic N) is 2. The van der Waals surface area contributed by atoms with Gasteiger partial charge in [-0.2, -0.15) is 0 Å². The Balaban J connectivity index is 1.12. The van der Waals surface area contributed by atoms with Crippen LogP contribution in [0.25, 0.3) is 92.5 Å². The summed E-state index contributed by atoms with van der Waals surface area (Å²) >= 11 is 0. The lowest BCUT2D eigenvalue weighted by molar-refractivity contribution is 0.576. The highest BCUT2D eigenvalue weighted by atomic mass is 16.3. The first-order valence-corrected chi connectivity index (χ1v) is 25.3. The maximum atomic E-state index is 7.02. The Kier molecular flexibility index (Phi) is 9.29. The highest BCUT2D eigenvalue weighted by Gasteiger charge is 2.33.